The van der Waals surface area contributed by atoms with Crippen molar-refractivity contribution in [3.8, 4) is 11.5 Å². The highest BCUT2D eigenvalue weighted by atomic mass is 16.5. The lowest BCUT2D eigenvalue weighted by Gasteiger charge is -2.31. The number of nitrogens with zero attached hydrogens (tertiary/aromatic N) is 1. The number of piperidine rings is 1. The third-order valence-electron chi connectivity index (χ3n) is 5.01. The number of amides is 1. The maximum Gasteiger partial charge on any atom is 0.238 e. The molecule has 0 spiro atoms. The zero-order valence-electron chi connectivity index (χ0n) is 16.0. The standard InChI is InChI=1S/C22H29N3O2/c1-23-14-11-18-12-15-25(16-13-18)17-22(26)24-20-9-5-6-10-21(20)27-19-7-3-2-4-8-19/h2-10,18,23H,11-17H2,1H3,(H,24,26). The van der Waals surface area contributed by atoms with E-state index in [0.29, 0.717) is 18.0 Å². The van der Waals surface area contributed by atoms with Gasteiger partial charge in [-0.1, -0.05) is 30.3 Å². The molecule has 1 amide bonds. The first-order valence-electron chi connectivity index (χ1n) is 9.73. The number of hydrogen-bond acceptors (Lipinski definition) is 4. The Morgan fingerprint density at radius 3 is 2.52 bits per heavy atom. The van der Waals surface area contributed by atoms with Gasteiger partial charge in [-0.15, -0.1) is 0 Å². The summed E-state index contributed by atoms with van der Waals surface area (Å²) in [6.45, 7) is 3.48. The molecular weight excluding hydrogens is 338 g/mol. The molecule has 1 aliphatic rings. The minimum Gasteiger partial charge on any atom is -0.455 e. The number of nitrogens with one attached hydrogen (secondary N) is 2. The van der Waals surface area contributed by atoms with Crippen LogP contribution in [0.4, 0.5) is 5.69 Å². The van der Waals surface area contributed by atoms with Crippen LogP contribution in [0.15, 0.2) is 54.6 Å². The Bertz CT molecular complexity index is 713. The molecule has 0 atom stereocenters. The fraction of sp³-hybridized carbons (Fsp3) is 0.409. The van der Waals surface area contributed by atoms with Crippen LogP contribution in [-0.2, 0) is 4.79 Å². The van der Waals surface area contributed by atoms with E-state index in [2.05, 4.69) is 15.5 Å². The predicted octanol–water partition coefficient (Wildman–Crippen LogP) is 3.74. The molecule has 5 nitrogen and oxygen atoms in total. The first-order chi connectivity index (χ1) is 13.2. The van der Waals surface area contributed by atoms with E-state index in [1.165, 1.54) is 19.3 Å². The Labute approximate surface area is 161 Å². The largest absolute Gasteiger partial charge is 0.455 e. The van der Waals surface area contributed by atoms with E-state index < -0.39 is 0 Å². The number of carbonyl (C=O) groups is 1. The topological polar surface area (TPSA) is 53.6 Å². The summed E-state index contributed by atoms with van der Waals surface area (Å²) in [4.78, 5) is 14.8. The zero-order chi connectivity index (χ0) is 18.9. The van der Waals surface area contributed by atoms with Crippen LogP contribution in [0.5, 0.6) is 11.5 Å². The summed E-state index contributed by atoms with van der Waals surface area (Å²) in [5.74, 6) is 2.19. The average molecular weight is 367 g/mol. The second kappa shape index (κ2) is 10.1. The van der Waals surface area contributed by atoms with Gasteiger partial charge in [0.15, 0.2) is 5.75 Å². The Hall–Kier alpha value is -2.37. The minimum absolute atomic E-state index is 0.00721. The number of rotatable bonds is 8. The second-order valence-electron chi connectivity index (χ2n) is 7.07. The summed E-state index contributed by atoms with van der Waals surface area (Å²) < 4.78 is 5.92. The van der Waals surface area contributed by atoms with Gasteiger partial charge in [0, 0.05) is 0 Å². The molecule has 144 valence electrons. The molecule has 0 aliphatic carbocycles. The minimum atomic E-state index is 0.00721. The Balaban J connectivity index is 1.51. The molecule has 27 heavy (non-hydrogen) atoms. The van der Waals surface area contributed by atoms with Crippen molar-refractivity contribution in [1.29, 1.82) is 0 Å². The van der Waals surface area contributed by atoms with Gasteiger partial charge in [-0.3, -0.25) is 9.69 Å². The van der Waals surface area contributed by atoms with Crippen molar-refractivity contribution in [3.05, 3.63) is 54.6 Å². The summed E-state index contributed by atoms with van der Waals surface area (Å²) in [5.41, 5.74) is 0.704. The van der Waals surface area contributed by atoms with Gasteiger partial charge in [-0.25, -0.2) is 0 Å². The Morgan fingerprint density at radius 2 is 1.78 bits per heavy atom. The summed E-state index contributed by atoms with van der Waals surface area (Å²) >= 11 is 0. The highest BCUT2D eigenvalue weighted by Crippen LogP contribution is 2.29. The number of carbonyl (C=O) groups excluding carboxylic acids is 1. The summed E-state index contributed by atoms with van der Waals surface area (Å²) in [7, 11) is 2.00. The smallest absolute Gasteiger partial charge is 0.238 e. The van der Waals surface area contributed by atoms with Crippen LogP contribution in [0.2, 0.25) is 0 Å². The van der Waals surface area contributed by atoms with Crippen LogP contribution in [-0.4, -0.2) is 44.0 Å². The van der Waals surface area contributed by atoms with Gasteiger partial charge >= 0.3 is 0 Å². The normalized spacial score (nSPS) is 15.4. The predicted molar refractivity (Wildman–Crippen MR) is 109 cm³/mol. The van der Waals surface area contributed by atoms with Gasteiger partial charge in [0.25, 0.3) is 0 Å². The molecule has 2 aromatic rings. The van der Waals surface area contributed by atoms with Crippen molar-refractivity contribution >= 4 is 11.6 Å². The molecule has 0 bridgehead atoms. The van der Waals surface area contributed by atoms with Crippen LogP contribution in [0.1, 0.15) is 19.3 Å². The lowest BCUT2D eigenvalue weighted by Crippen LogP contribution is -2.39. The van der Waals surface area contributed by atoms with Crippen LogP contribution in [0, 0.1) is 5.92 Å². The van der Waals surface area contributed by atoms with E-state index in [1.807, 2.05) is 61.6 Å². The zero-order valence-corrected chi connectivity index (χ0v) is 16.0. The first kappa shape index (κ1) is 19.4. The van der Waals surface area contributed by atoms with Crippen molar-refractivity contribution in [2.75, 3.05) is 38.5 Å². The van der Waals surface area contributed by atoms with Crippen LogP contribution in [0.25, 0.3) is 0 Å². The number of ether oxygens (including phenoxy) is 1. The number of para-hydroxylation sites is 3. The van der Waals surface area contributed by atoms with E-state index in [0.717, 1.165) is 31.3 Å². The highest BCUT2D eigenvalue weighted by Gasteiger charge is 2.20. The van der Waals surface area contributed by atoms with Crippen LogP contribution < -0.4 is 15.4 Å². The van der Waals surface area contributed by atoms with Crippen molar-refractivity contribution < 1.29 is 9.53 Å². The van der Waals surface area contributed by atoms with Gasteiger partial charge < -0.3 is 15.4 Å². The summed E-state index contributed by atoms with van der Waals surface area (Å²) in [5, 5.41) is 6.23. The van der Waals surface area contributed by atoms with Gasteiger partial charge in [0.2, 0.25) is 5.91 Å². The lowest BCUT2D eigenvalue weighted by molar-refractivity contribution is -0.117. The molecule has 1 fully saturated rings. The van der Waals surface area contributed by atoms with E-state index in [-0.39, 0.29) is 5.91 Å². The van der Waals surface area contributed by atoms with E-state index >= 15 is 0 Å². The van der Waals surface area contributed by atoms with Gasteiger partial charge in [0.05, 0.1) is 12.2 Å². The van der Waals surface area contributed by atoms with Gasteiger partial charge in [0.1, 0.15) is 5.75 Å². The molecular formula is C22H29N3O2. The lowest BCUT2D eigenvalue weighted by atomic mass is 9.93. The molecule has 3 rings (SSSR count). The van der Waals surface area contributed by atoms with Crippen molar-refractivity contribution in [1.82, 2.24) is 10.2 Å². The van der Waals surface area contributed by atoms with Crippen LogP contribution in [0.3, 0.4) is 0 Å². The SMILES string of the molecule is CNCCC1CCN(CC(=O)Nc2ccccc2Oc2ccccc2)CC1. The van der Waals surface area contributed by atoms with E-state index in [9.17, 15) is 4.79 Å². The quantitative estimate of drug-likeness (QED) is 0.746. The summed E-state index contributed by atoms with van der Waals surface area (Å²) in [6.07, 6.45) is 3.56. The first-order valence-corrected chi connectivity index (χ1v) is 9.73. The molecule has 0 unspecified atom stereocenters. The highest BCUT2D eigenvalue weighted by molar-refractivity contribution is 5.93. The molecule has 0 aromatic heterocycles. The fourth-order valence-corrected chi connectivity index (χ4v) is 3.45. The number of anilines is 1. The number of likely N-dealkylation sites (tertiary alicyclic amines) is 1. The van der Waals surface area contributed by atoms with E-state index in [4.69, 9.17) is 4.74 Å². The van der Waals surface area contributed by atoms with E-state index in [1.54, 1.807) is 0 Å². The summed E-state index contributed by atoms with van der Waals surface area (Å²) in [6, 6.07) is 17.2. The third kappa shape index (κ3) is 6.08. The monoisotopic (exact) mass is 367 g/mol. The average Bonchev–Trinajstić information content (AvgIpc) is 2.70. The Kier molecular flexibility index (Phi) is 7.25. The van der Waals surface area contributed by atoms with Crippen molar-refractivity contribution in [3.63, 3.8) is 0 Å². The van der Waals surface area contributed by atoms with Crippen molar-refractivity contribution in [2.24, 2.45) is 5.92 Å². The third-order valence-corrected chi connectivity index (χ3v) is 5.01. The molecule has 2 aromatic carbocycles. The molecule has 1 heterocycles. The second-order valence-corrected chi connectivity index (χ2v) is 7.07. The van der Waals surface area contributed by atoms with Gasteiger partial charge in [-0.2, -0.15) is 0 Å². The van der Waals surface area contributed by atoms with Crippen LogP contribution >= 0.6 is 0 Å². The molecule has 0 radical (unpaired) electrons. The Morgan fingerprint density at radius 1 is 1.07 bits per heavy atom. The molecule has 2 N–H and O–H groups in total. The van der Waals surface area contributed by atoms with Gasteiger partial charge in [-0.05, 0) is 76.1 Å². The molecule has 1 aliphatic heterocycles. The number of hydrogen-bond donors (Lipinski definition) is 2. The molecule has 1 saturated heterocycles. The fourth-order valence-electron chi connectivity index (χ4n) is 3.45. The maximum atomic E-state index is 12.5. The number of benzene rings is 2. The maximum absolute atomic E-state index is 12.5. The molecule has 0 saturated carbocycles. The van der Waals surface area contributed by atoms with Crippen molar-refractivity contribution in [2.45, 2.75) is 19.3 Å². The molecule has 5 heteroatoms.